The van der Waals surface area contributed by atoms with Crippen LogP contribution >= 0.6 is 0 Å². The summed E-state index contributed by atoms with van der Waals surface area (Å²) in [4.78, 5) is 23.5. The molecule has 0 bridgehead atoms. The number of carbonyl (C=O) groups excluding carboxylic acids is 2. The quantitative estimate of drug-likeness (QED) is 0.403. The molecule has 0 amide bonds. The van der Waals surface area contributed by atoms with E-state index in [9.17, 15) is 9.59 Å². The van der Waals surface area contributed by atoms with Crippen molar-refractivity contribution >= 4 is 17.3 Å². The van der Waals surface area contributed by atoms with Gasteiger partial charge < -0.3 is 10.1 Å². The van der Waals surface area contributed by atoms with Crippen molar-refractivity contribution in [1.29, 1.82) is 0 Å². The zero-order valence-electron chi connectivity index (χ0n) is 14.6. The fraction of sp³-hybridized carbons (Fsp3) is 0.238. The van der Waals surface area contributed by atoms with E-state index in [2.05, 4.69) is 12.2 Å². The molecule has 1 N–H and O–H groups in total. The van der Waals surface area contributed by atoms with Gasteiger partial charge in [-0.3, -0.25) is 9.59 Å². The lowest BCUT2D eigenvalue weighted by Crippen LogP contribution is -1.99. The second kappa shape index (κ2) is 9.42. The molecule has 0 atom stereocenters. The molecule has 0 aromatic heterocycles. The van der Waals surface area contributed by atoms with Crippen LogP contribution in [0.5, 0.6) is 5.75 Å². The Morgan fingerprint density at radius 2 is 1.84 bits per heavy atom. The van der Waals surface area contributed by atoms with Crippen LogP contribution in [0.4, 0.5) is 5.69 Å². The van der Waals surface area contributed by atoms with Gasteiger partial charge in [-0.25, -0.2) is 0 Å². The molecule has 0 aliphatic heterocycles. The summed E-state index contributed by atoms with van der Waals surface area (Å²) in [6.07, 6.45) is 5.14. The first-order valence-corrected chi connectivity index (χ1v) is 8.41. The largest absolute Gasteiger partial charge is 0.494 e. The lowest BCUT2D eigenvalue weighted by molar-refractivity contribution is 0.101. The van der Waals surface area contributed by atoms with Crippen LogP contribution in [0.15, 0.2) is 60.8 Å². The van der Waals surface area contributed by atoms with Crippen LogP contribution in [-0.4, -0.2) is 18.2 Å². The van der Waals surface area contributed by atoms with Crippen LogP contribution in [0.1, 0.15) is 47.4 Å². The second-order valence-corrected chi connectivity index (χ2v) is 5.71. The summed E-state index contributed by atoms with van der Waals surface area (Å²) in [5, 5.41) is 3.01. The average Bonchev–Trinajstić information content (AvgIpc) is 2.62. The Labute approximate surface area is 148 Å². The van der Waals surface area contributed by atoms with E-state index in [1.165, 1.54) is 13.0 Å². The smallest absolute Gasteiger partial charge is 0.187 e. The molecular formula is C21H23NO3. The van der Waals surface area contributed by atoms with E-state index in [-0.39, 0.29) is 11.6 Å². The highest BCUT2D eigenvalue weighted by molar-refractivity contribution is 6.04. The fourth-order valence-electron chi connectivity index (χ4n) is 2.19. The summed E-state index contributed by atoms with van der Waals surface area (Å²) in [5.41, 5.74) is 1.98. The van der Waals surface area contributed by atoms with E-state index < -0.39 is 0 Å². The van der Waals surface area contributed by atoms with Crippen molar-refractivity contribution in [3.63, 3.8) is 0 Å². The van der Waals surface area contributed by atoms with Gasteiger partial charge in [-0.1, -0.05) is 25.5 Å². The predicted octanol–water partition coefficient (Wildman–Crippen LogP) is 4.88. The number of allylic oxidation sites excluding steroid dienone is 1. The minimum atomic E-state index is -0.102. The number of Topliss-reactive ketones (excluding diaryl/α,β-unsaturated/α-hetero) is 1. The zero-order valence-corrected chi connectivity index (χ0v) is 14.6. The Kier molecular flexibility index (Phi) is 6.96. The maximum absolute atomic E-state index is 12.2. The second-order valence-electron chi connectivity index (χ2n) is 5.71. The van der Waals surface area contributed by atoms with E-state index in [1.54, 1.807) is 48.7 Å². The number of unbranched alkanes of at least 4 members (excludes halogenated alkanes) is 1. The van der Waals surface area contributed by atoms with Gasteiger partial charge in [-0.05, 0) is 49.7 Å². The molecule has 4 heteroatoms. The Balaban J connectivity index is 1.91. The number of carbonyl (C=O) groups is 2. The number of hydrogen-bond donors (Lipinski definition) is 1. The normalized spacial score (nSPS) is 10.6. The number of ketones is 2. The first-order chi connectivity index (χ1) is 12.1. The van der Waals surface area contributed by atoms with Crippen LogP contribution in [0.3, 0.4) is 0 Å². The lowest BCUT2D eigenvalue weighted by atomic mass is 10.1. The number of nitrogens with one attached hydrogen (secondary N) is 1. The van der Waals surface area contributed by atoms with Crippen LogP contribution in [0.2, 0.25) is 0 Å². The number of anilines is 1. The van der Waals surface area contributed by atoms with Crippen LogP contribution < -0.4 is 10.1 Å². The zero-order chi connectivity index (χ0) is 18.1. The Morgan fingerprint density at radius 3 is 2.52 bits per heavy atom. The molecule has 0 saturated carbocycles. The average molecular weight is 337 g/mol. The Bertz CT molecular complexity index is 748. The number of ether oxygens (including phenoxy) is 1. The first-order valence-electron chi connectivity index (χ1n) is 8.41. The SMILES string of the molecule is CCCCOc1ccc(C(=O)/C=C/Nc2cccc(C(C)=O)c2)cc1. The standard InChI is InChI=1S/C21H23NO3/c1-3-4-14-25-20-10-8-17(9-11-20)21(24)12-13-22-19-7-5-6-18(15-19)16(2)23/h5-13,15,22H,3-4,14H2,1-2H3/b13-12+. The third kappa shape index (κ3) is 5.92. The molecule has 0 spiro atoms. The highest BCUT2D eigenvalue weighted by atomic mass is 16.5. The molecule has 0 heterocycles. The van der Waals surface area contributed by atoms with Gasteiger partial charge in [-0.15, -0.1) is 0 Å². The fourth-order valence-corrected chi connectivity index (χ4v) is 2.19. The molecule has 2 aromatic rings. The minimum Gasteiger partial charge on any atom is -0.494 e. The van der Waals surface area contributed by atoms with Crippen LogP contribution in [0.25, 0.3) is 0 Å². The van der Waals surface area contributed by atoms with E-state index in [0.717, 1.165) is 24.3 Å². The number of rotatable bonds is 9. The van der Waals surface area contributed by atoms with Crippen molar-refractivity contribution in [2.75, 3.05) is 11.9 Å². The molecule has 0 aliphatic carbocycles. The van der Waals surface area contributed by atoms with Crippen LogP contribution in [-0.2, 0) is 0 Å². The van der Waals surface area contributed by atoms with Crippen molar-refractivity contribution in [3.05, 3.63) is 71.9 Å². The van der Waals surface area contributed by atoms with E-state index in [0.29, 0.717) is 17.7 Å². The van der Waals surface area contributed by atoms with E-state index >= 15 is 0 Å². The molecule has 2 rings (SSSR count). The molecule has 2 aromatic carbocycles. The maximum Gasteiger partial charge on any atom is 0.187 e. The predicted molar refractivity (Wildman–Crippen MR) is 100 cm³/mol. The van der Waals surface area contributed by atoms with Gasteiger partial charge in [-0.2, -0.15) is 0 Å². The van der Waals surface area contributed by atoms with Gasteiger partial charge in [0.1, 0.15) is 5.75 Å². The molecular weight excluding hydrogens is 314 g/mol. The van der Waals surface area contributed by atoms with Crippen molar-refractivity contribution in [3.8, 4) is 5.75 Å². The molecule has 130 valence electrons. The Morgan fingerprint density at radius 1 is 1.08 bits per heavy atom. The van der Waals surface area contributed by atoms with Crippen molar-refractivity contribution in [2.45, 2.75) is 26.7 Å². The summed E-state index contributed by atoms with van der Waals surface area (Å²) < 4.78 is 5.58. The molecule has 0 radical (unpaired) electrons. The minimum absolute atomic E-state index is 0.00458. The van der Waals surface area contributed by atoms with E-state index in [1.807, 2.05) is 6.07 Å². The molecule has 25 heavy (non-hydrogen) atoms. The van der Waals surface area contributed by atoms with Gasteiger partial charge in [0.05, 0.1) is 6.61 Å². The van der Waals surface area contributed by atoms with Gasteiger partial charge in [0, 0.05) is 29.1 Å². The van der Waals surface area contributed by atoms with Crippen molar-refractivity contribution < 1.29 is 14.3 Å². The third-order valence-electron chi connectivity index (χ3n) is 3.66. The molecule has 0 unspecified atom stereocenters. The lowest BCUT2D eigenvalue weighted by Gasteiger charge is -2.05. The summed E-state index contributed by atoms with van der Waals surface area (Å²) in [7, 11) is 0. The molecule has 0 aliphatic rings. The van der Waals surface area contributed by atoms with E-state index in [4.69, 9.17) is 4.74 Å². The first kappa shape index (κ1) is 18.5. The monoisotopic (exact) mass is 337 g/mol. The van der Waals surface area contributed by atoms with Gasteiger partial charge >= 0.3 is 0 Å². The van der Waals surface area contributed by atoms with Crippen molar-refractivity contribution in [1.82, 2.24) is 0 Å². The topological polar surface area (TPSA) is 55.4 Å². The summed E-state index contributed by atoms with van der Waals surface area (Å²) in [5.74, 6) is 0.674. The number of hydrogen-bond acceptors (Lipinski definition) is 4. The highest BCUT2D eigenvalue weighted by Crippen LogP contribution is 2.14. The highest BCUT2D eigenvalue weighted by Gasteiger charge is 2.03. The summed E-state index contributed by atoms with van der Waals surface area (Å²) in [6.45, 7) is 4.32. The third-order valence-corrected chi connectivity index (χ3v) is 3.66. The van der Waals surface area contributed by atoms with Gasteiger partial charge in [0.2, 0.25) is 0 Å². The van der Waals surface area contributed by atoms with Gasteiger partial charge in [0.15, 0.2) is 11.6 Å². The molecule has 0 saturated heterocycles. The summed E-state index contributed by atoms with van der Waals surface area (Å²) >= 11 is 0. The van der Waals surface area contributed by atoms with Gasteiger partial charge in [0.25, 0.3) is 0 Å². The Hall–Kier alpha value is -2.88. The van der Waals surface area contributed by atoms with Crippen LogP contribution in [0, 0.1) is 0 Å². The summed E-state index contributed by atoms with van der Waals surface area (Å²) in [6, 6.07) is 14.3. The molecule has 0 fully saturated rings. The van der Waals surface area contributed by atoms with Crippen molar-refractivity contribution in [2.24, 2.45) is 0 Å². The number of benzene rings is 2. The molecule has 4 nitrogen and oxygen atoms in total. The maximum atomic E-state index is 12.2.